The number of hydrogen-bond acceptors (Lipinski definition) is 5. The van der Waals surface area contributed by atoms with E-state index in [-0.39, 0.29) is 24.7 Å². The molecule has 0 amide bonds. The summed E-state index contributed by atoms with van der Waals surface area (Å²) in [7, 11) is 0. The number of benzene rings is 2. The number of esters is 1. The minimum absolute atomic E-state index is 0.218. The number of hydrogen-bond donors (Lipinski definition) is 0. The van der Waals surface area contributed by atoms with Crippen molar-refractivity contribution in [2.75, 3.05) is 19.8 Å². The minimum Gasteiger partial charge on any atom is -0.489 e. The van der Waals surface area contributed by atoms with Crippen LogP contribution in [0.15, 0.2) is 60.2 Å². The second-order valence-electron chi connectivity index (χ2n) is 8.95. The lowest BCUT2D eigenvalue weighted by Gasteiger charge is -2.12. The average molecular weight is 493 g/mol. The Labute approximate surface area is 216 Å². The predicted molar refractivity (Wildman–Crippen MR) is 146 cm³/mol. The van der Waals surface area contributed by atoms with Gasteiger partial charge in [0.05, 0.1) is 12.2 Å². The molecular formula is C31H40O5. The molecule has 2 rings (SSSR count). The molecule has 2 aromatic carbocycles. The van der Waals surface area contributed by atoms with Gasteiger partial charge in [0.15, 0.2) is 12.4 Å². The van der Waals surface area contributed by atoms with Crippen molar-refractivity contribution in [3.05, 3.63) is 76.9 Å². The molecule has 0 heterocycles. The highest BCUT2D eigenvalue weighted by atomic mass is 16.6. The first-order valence-electron chi connectivity index (χ1n) is 12.9. The summed E-state index contributed by atoms with van der Waals surface area (Å²) >= 11 is 0. The van der Waals surface area contributed by atoms with Gasteiger partial charge in [-0.05, 0) is 69.0 Å². The standard InChI is InChI=1S/C31H40O5/c1-5-7-8-9-10-11-25-12-14-26(15-13-25)16-19-29(32)28-18-17-27(35-21-20-24(3)4)22-30(28)36-23-31(33)34-6-2/h12-20,22H,5-11,21,23H2,1-4H3. The molecule has 0 radical (unpaired) electrons. The second-order valence-corrected chi connectivity index (χ2v) is 8.95. The van der Waals surface area contributed by atoms with Crippen molar-refractivity contribution in [1.29, 1.82) is 0 Å². The van der Waals surface area contributed by atoms with E-state index >= 15 is 0 Å². The molecule has 5 heteroatoms. The Morgan fingerprint density at radius 3 is 2.33 bits per heavy atom. The zero-order valence-corrected chi connectivity index (χ0v) is 22.2. The molecule has 0 aliphatic heterocycles. The van der Waals surface area contributed by atoms with Crippen LogP contribution in [0.1, 0.15) is 81.3 Å². The van der Waals surface area contributed by atoms with Crippen LogP contribution in [0.2, 0.25) is 0 Å². The summed E-state index contributed by atoms with van der Waals surface area (Å²) in [5, 5.41) is 0. The van der Waals surface area contributed by atoms with Crippen LogP contribution < -0.4 is 9.47 Å². The largest absolute Gasteiger partial charge is 0.489 e. The highest BCUT2D eigenvalue weighted by molar-refractivity contribution is 6.08. The topological polar surface area (TPSA) is 61.8 Å². The molecule has 36 heavy (non-hydrogen) atoms. The lowest BCUT2D eigenvalue weighted by atomic mass is 10.0. The minimum atomic E-state index is -0.493. The van der Waals surface area contributed by atoms with Gasteiger partial charge in [-0.1, -0.05) is 68.5 Å². The van der Waals surface area contributed by atoms with Gasteiger partial charge in [0.1, 0.15) is 18.1 Å². The van der Waals surface area contributed by atoms with Gasteiger partial charge < -0.3 is 14.2 Å². The Morgan fingerprint density at radius 1 is 0.889 bits per heavy atom. The molecule has 0 N–H and O–H groups in total. The van der Waals surface area contributed by atoms with E-state index in [1.807, 2.05) is 32.1 Å². The molecule has 0 atom stereocenters. The highest BCUT2D eigenvalue weighted by Gasteiger charge is 2.14. The van der Waals surface area contributed by atoms with E-state index < -0.39 is 5.97 Å². The monoisotopic (exact) mass is 492 g/mol. The van der Waals surface area contributed by atoms with Gasteiger partial charge >= 0.3 is 5.97 Å². The molecule has 0 aliphatic carbocycles. The van der Waals surface area contributed by atoms with Crippen molar-refractivity contribution in [2.24, 2.45) is 0 Å². The van der Waals surface area contributed by atoms with Crippen LogP contribution in [-0.2, 0) is 16.0 Å². The molecule has 0 saturated heterocycles. The van der Waals surface area contributed by atoms with Crippen LogP contribution in [0.25, 0.3) is 6.08 Å². The molecule has 0 unspecified atom stereocenters. The summed E-state index contributed by atoms with van der Waals surface area (Å²) in [5.41, 5.74) is 3.77. The number of allylic oxidation sites excluding steroid dienone is 2. The fourth-order valence-electron chi connectivity index (χ4n) is 3.55. The first-order valence-corrected chi connectivity index (χ1v) is 12.9. The van der Waals surface area contributed by atoms with Crippen molar-refractivity contribution in [2.45, 2.75) is 66.2 Å². The van der Waals surface area contributed by atoms with Crippen molar-refractivity contribution in [1.82, 2.24) is 0 Å². The number of carbonyl (C=O) groups excluding carboxylic acids is 2. The van der Waals surface area contributed by atoms with Crippen LogP contribution >= 0.6 is 0 Å². The third-order valence-electron chi connectivity index (χ3n) is 5.59. The molecule has 2 aromatic rings. The summed E-state index contributed by atoms with van der Waals surface area (Å²) in [4.78, 5) is 24.8. The summed E-state index contributed by atoms with van der Waals surface area (Å²) in [6, 6.07) is 13.3. The van der Waals surface area contributed by atoms with Crippen LogP contribution in [0.3, 0.4) is 0 Å². The van der Waals surface area contributed by atoms with Gasteiger partial charge in [0.25, 0.3) is 0 Å². The first-order chi connectivity index (χ1) is 17.4. The molecule has 0 spiro atoms. The van der Waals surface area contributed by atoms with Gasteiger partial charge in [-0.2, -0.15) is 0 Å². The lowest BCUT2D eigenvalue weighted by molar-refractivity contribution is -0.145. The van der Waals surface area contributed by atoms with E-state index in [9.17, 15) is 9.59 Å². The Hall–Kier alpha value is -3.34. The Kier molecular flexibility index (Phi) is 13.1. The predicted octanol–water partition coefficient (Wildman–Crippen LogP) is 7.38. The maximum absolute atomic E-state index is 13.0. The summed E-state index contributed by atoms with van der Waals surface area (Å²) in [6.07, 6.45) is 12.7. The van der Waals surface area contributed by atoms with E-state index in [1.165, 1.54) is 43.7 Å². The van der Waals surface area contributed by atoms with Gasteiger partial charge in [0.2, 0.25) is 0 Å². The number of rotatable bonds is 16. The molecule has 0 aromatic heterocycles. The van der Waals surface area contributed by atoms with Crippen molar-refractivity contribution < 1.29 is 23.8 Å². The zero-order chi connectivity index (χ0) is 26.2. The smallest absolute Gasteiger partial charge is 0.344 e. The molecular weight excluding hydrogens is 452 g/mol. The second kappa shape index (κ2) is 16.4. The lowest BCUT2D eigenvalue weighted by Crippen LogP contribution is -2.16. The third-order valence-corrected chi connectivity index (χ3v) is 5.59. The normalized spacial score (nSPS) is 10.8. The van der Waals surface area contributed by atoms with Crippen LogP contribution in [0.4, 0.5) is 0 Å². The van der Waals surface area contributed by atoms with E-state index in [2.05, 4.69) is 19.1 Å². The number of carbonyl (C=O) groups is 2. The zero-order valence-electron chi connectivity index (χ0n) is 22.2. The van der Waals surface area contributed by atoms with Gasteiger partial charge in [-0.25, -0.2) is 4.79 Å². The van der Waals surface area contributed by atoms with Crippen molar-refractivity contribution in [3.63, 3.8) is 0 Å². The third kappa shape index (κ3) is 10.9. The van der Waals surface area contributed by atoms with Crippen molar-refractivity contribution in [3.8, 4) is 11.5 Å². The number of ether oxygens (including phenoxy) is 3. The maximum Gasteiger partial charge on any atom is 0.344 e. The SMILES string of the molecule is CCCCCCCc1ccc(C=CC(=O)c2ccc(OCC=C(C)C)cc2OCC(=O)OCC)cc1. The molecule has 0 saturated carbocycles. The van der Waals surface area contributed by atoms with Crippen LogP contribution in [0.5, 0.6) is 11.5 Å². The quantitative estimate of drug-likeness (QED) is 0.0804. The molecule has 0 bridgehead atoms. The van der Waals surface area contributed by atoms with E-state index in [4.69, 9.17) is 14.2 Å². The fraction of sp³-hybridized carbons (Fsp3) is 0.419. The summed E-state index contributed by atoms with van der Waals surface area (Å²) in [5.74, 6) is 0.125. The molecule has 0 fully saturated rings. The van der Waals surface area contributed by atoms with Gasteiger partial charge in [-0.3, -0.25) is 4.79 Å². The van der Waals surface area contributed by atoms with E-state index in [0.29, 0.717) is 17.9 Å². The first kappa shape index (κ1) is 28.9. The number of aryl methyl sites for hydroxylation is 1. The van der Waals surface area contributed by atoms with E-state index in [1.54, 1.807) is 31.2 Å². The van der Waals surface area contributed by atoms with Gasteiger partial charge in [-0.15, -0.1) is 0 Å². The molecule has 194 valence electrons. The van der Waals surface area contributed by atoms with Gasteiger partial charge in [0, 0.05) is 6.07 Å². The van der Waals surface area contributed by atoms with Crippen molar-refractivity contribution >= 4 is 17.8 Å². The highest BCUT2D eigenvalue weighted by Crippen LogP contribution is 2.26. The molecule has 0 aliphatic rings. The fourth-order valence-corrected chi connectivity index (χ4v) is 3.55. The average Bonchev–Trinajstić information content (AvgIpc) is 2.86. The Morgan fingerprint density at radius 2 is 1.64 bits per heavy atom. The summed E-state index contributed by atoms with van der Waals surface area (Å²) in [6.45, 7) is 8.33. The Balaban J connectivity index is 2.07. The van der Waals surface area contributed by atoms with E-state index in [0.717, 1.165) is 17.6 Å². The van der Waals surface area contributed by atoms with Crippen LogP contribution in [-0.4, -0.2) is 31.6 Å². The number of ketones is 1. The summed E-state index contributed by atoms with van der Waals surface area (Å²) < 4.78 is 16.3. The Bertz CT molecular complexity index is 1010. The molecule has 5 nitrogen and oxygen atoms in total. The van der Waals surface area contributed by atoms with Crippen LogP contribution in [0, 0.1) is 0 Å². The number of unbranched alkanes of at least 4 members (excludes halogenated alkanes) is 4. The maximum atomic E-state index is 13.0.